The summed E-state index contributed by atoms with van der Waals surface area (Å²) in [6.45, 7) is 0. The molecule has 72 valence electrons. The van der Waals surface area contributed by atoms with Gasteiger partial charge >= 0.3 is 5.97 Å². The van der Waals surface area contributed by atoms with Crippen molar-refractivity contribution in [2.75, 3.05) is 7.11 Å². The highest BCUT2D eigenvalue weighted by Gasteiger charge is 2.67. The Kier molecular flexibility index (Phi) is 1.36. The Hall–Kier alpha value is -0.570. The molecule has 0 spiro atoms. The molecule has 1 N–H and O–H groups in total. The zero-order valence-corrected chi connectivity index (χ0v) is 7.88. The van der Waals surface area contributed by atoms with E-state index in [4.69, 9.17) is 4.74 Å². The van der Waals surface area contributed by atoms with Crippen LogP contribution in [0.4, 0.5) is 0 Å². The molecule has 4 atom stereocenters. The lowest BCUT2D eigenvalue weighted by atomic mass is 9.91. The monoisotopic (exact) mass is 181 g/mol. The summed E-state index contributed by atoms with van der Waals surface area (Å²) in [5.74, 6) is 0.620. The van der Waals surface area contributed by atoms with Gasteiger partial charge < -0.3 is 10.1 Å². The molecule has 3 rings (SSSR count). The molecule has 3 fully saturated rings. The van der Waals surface area contributed by atoms with E-state index in [1.54, 1.807) is 0 Å². The summed E-state index contributed by atoms with van der Waals surface area (Å²) < 4.78 is 4.89. The second-order valence-electron chi connectivity index (χ2n) is 4.71. The number of nitrogens with one attached hydrogen (secondary N) is 1. The normalized spacial score (nSPS) is 51.3. The summed E-state index contributed by atoms with van der Waals surface area (Å²) in [4.78, 5) is 11.6. The van der Waals surface area contributed by atoms with Crippen molar-refractivity contribution in [3.63, 3.8) is 0 Å². The molecule has 1 saturated carbocycles. The first-order valence-corrected chi connectivity index (χ1v) is 5.11. The topological polar surface area (TPSA) is 38.3 Å². The van der Waals surface area contributed by atoms with Gasteiger partial charge in [-0.2, -0.15) is 0 Å². The van der Waals surface area contributed by atoms with Crippen LogP contribution in [0.3, 0.4) is 0 Å². The molecular weight excluding hydrogens is 166 g/mol. The molecule has 2 aliphatic heterocycles. The number of esters is 1. The number of hydrogen-bond acceptors (Lipinski definition) is 3. The molecule has 0 aromatic rings. The SMILES string of the molecule is COC(=O)[C@@]12C[C@H]3CC[C@H](N3)[C@@H]1C2. The van der Waals surface area contributed by atoms with Crippen molar-refractivity contribution in [3.8, 4) is 0 Å². The Bertz CT molecular complexity index is 266. The molecule has 0 radical (unpaired) electrons. The zero-order valence-electron chi connectivity index (χ0n) is 7.88. The van der Waals surface area contributed by atoms with Crippen molar-refractivity contribution in [2.45, 2.75) is 37.8 Å². The van der Waals surface area contributed by atoms with Crippen LogP contribution in [-0.4, -0.2) is 25.2 Å². The summed E-state index contributed by atoms with van der Waals surface area (Å²) >= 11 is 0. The molecule has 0 amide bonds. The quantitative estimate of drug-likeness (QED) is 0.605. The summed E-state index contributed by atoms with van der Waals surface area (Å²) in [5.41, 5.74) is -0.0637. The van der Waals surface area contributed by atoms with Crippen molar-refractivity contribution in [3.05, 3.63) is 0 Å². The van der Waals surface area contributed by atoms with Crippen LogP contribution in [0.25, 0.3) is 0 Å². The van der Waals surface area contributed by atoms with Gasteiger partial charge in [0.05, 0.1) is 12.5 Å². The fourth-order valence-corrected chi connectivity index (χ4v) is 3.39. The van der Waals surface area contributed by atoms with E-state index in [0.29, 0.717) is 18.0 Å². The van der Waals surface area contributed by atoms with E-state index < -0.39 is 0 Å². The number of hydrogen-bond donors (Lipinski definition) is 1. The lowest BCUT2D eigenvalue weighted by Gasteiger charge is -2.26. The third-order valence-electron chi connectivity index (χ3n) is 4.10. The van der Waals surface area contributed by atoms with E-state index in [-0.39, 0.29) is 11.4 Å². The van der Waals surface area contributed by atoms with Gasteiger partial charge in [-0.1, -0.05) is 0 Å². The van der Waals surface area contributed by atoms with Crippen molar-refractivity contribution in [1.82, 2.24) is 5.32 Å². The Morgan fingerprint density at radius 1 is 1.46 bits per heavy atom. The Balaban J connectivity index is 1.86. The number of methoxy groups -OCH3 is 1. The molecule has 0 aromatic heterocycles. The smallest absolute Gasteiger partial charge is 0.312 e. The predicted octanol–water partition coefficient (Wildman–Crippen LogP) is 0.690. The minimum Gasteiger partial charge on any atom is -0.469 e. The number of carbonyl (C=O) groups excluding carboxylic acids is 1. The van der Waals surface area contributed by atoms with E-state index in [0.717, 1.165) is 12.8 Å². The third kappa shape index (κ3) is 0.857. The van der Waals surface area contributed by atoms with Gasteiger partial charge in [-0.05, 0) is 31.6 Å². The van der Waals surface area contributed by atoms with E-state index in [9.17, 15) is 4.79 Å². The minimum absolute atomic E-state index is 0.0379. The molecule has 2 saturated heterocycles. The molecule has 13 heavy (non-hydrogen) atoms. The molecule has 3 heteroatoms. The Morgan fingerprint density at radius 3 is 3.08 bits per heavy atom. The van der Waals surface area contributed by atoms with Gasteiger partial charge in [-0.3, -0.25) is 4.79 Å². The van der Waals surface area contributed by atoms with Crippen molar-refractivity contribution in [1.29, 1.82) is 0 Å². The average molecular weight is 181 g/mol. The second kappa shape index (κ2) is 2.27. The number of piperidine rings is 1. The third-order valence-corrected chi connectivity index (χ3v) is 4.10. The van der Waals surface area contributed by atoms with Crippen LogP contribution in [0.5, 0.6) is 0 Å². The molecule has 0 aromatic carbocycles. The standard InChI is InChI=1S/C10H15NO2/c1-13-9(12)10-4-6-2-3-8(11-6)7(10)5-10/h6-8,11H,2-5H2,1H3/t6-,7+,8+,10-/m1/s1. The van der Waals surface area contributed by atoms with Crippen LogP contribution < -0.4 is 5.32 Å². The van der Waals surface area contributed by atoms with Crippen molar-refractivity contribution >= 4 is 5.97 Å². The first-order valence-electron chi connectivity index (χ1n) is 5.11. The van der Waals surface area contributed by atoms with Gasteiger partial charge in [-0.15, -0.1) is 0 Å². The van der Waals surface area contributed by atoms with Crippen molar-refractivity contribution < 1.29 is 9.53 Å². The lowest BCUT2D eigenvalue weighted by molar-refractivity contribution is -0.148. The maximum absolute atomic E-state index is 11.6. The Morgan fingerprint density at radius 2 is 2.31 bits per heavy atom. The van der Waals surface area contributed by atoms with Crippen LogP contribution >= 0.6 is 0 Å². The van der Waals surface area contributed by atoms with E-state index in [1.165, 1.54) is 20.0 Å². The Labute approximate surface area is 77.8 Å². The molecule has 3 aliphatic rings. The fourth-order valence-electron chi connectivity index (χ4n) is 3.39. The van der Waals surface area contributed by atoms with Gasteiger partial charge in [0.1, 0.15) is 0 Å². The number of ether oxygens (including phenoxy) is 1. The second-order valence-corrected chi connectivity index (χ2v) is 4.71. The largest absolute Gasteiger partial charge is 0.469 e. The molecular formula is C10H15NO2. The summed E-state index contributed by atoms with van der Waals surface area (Å²) in [6.07, 6.45) is 4.59. The average Bonchev–Trinajstić information content (AvgIpc) is 2.76. The van der Waals surface area contributed by atoms with Gasteiger partial charge in [0.15, 0.2) is 0 Å². The highest BCUT2D eigenvalue weighted by Crippen LogP contribution is 2.63. The summed E-state index contributed by atoms with van der Waals surface area (Å²) in [5, 5.41) is 3.58. The van der Waals surface area contributed by atoms with Crippen molar-refractivity contribution in [2.24, 2.45) is 11.3 Å². The first-order chi connectivity index (χ1) is 6.26. The van der Waals surface area contributed by atoms with Gasteiger partial charge in [0.25, 0.3) is 0 Å². The maximum atomic E-state index is 11.6. The highest BCUT2D eigenvalue weighted by molar-refractivity contribution is 5.81. The fraction of sp³-hybridized carbons (Fsp3) is 0.900. The van der Waals surface area contributed by atoms with Crippen LogP contribution in [0.1, 0.15) is 25.7 Å². The first kappa shape index (κ1) is 7.80. The van der Waals surface area contributed by atoms with Crippen LogP contribution in [-0.2, 0) is 9.53 Å². The molecule has 1 aliphatic carbocycles. The lowest BCUT2D eigenvalue weighted by Crippen LogP contribution is -2.42. The van der Waals surface area contributed by atoms with Crippen LogP contribution in [0.15, 0.2) is 0 Å². The van der Waals surface area contributed by atoms with Crippen LogP contribution in [0, 0.1) is 11.3 Å². The van der Waals surface area contributed by atoms with E-state index >= 15 is 0 Å². The predicted molar refractivity (Wildman–Crippen MR) is 47.1 cm³/mol. The molecule has 3 nitrogen and oxygen atoms in total. The van der Waals surface area contributed by atoms with Crippen LogP contribution in [0.2, 0.25) is 0 Å². The molecule has 0 unspecified atom stereocenters. The number of rotatable bonds is 1. The molecule has 2 heterocycles. The van der Waals surface area contributed by atoms with E-state index in [2.05, 4.69) is 5.32 Å². The minimum atomic E-state index is -0.0637. The highest BCUT2D eigenvalue weighted by atomic mass is 16.5. The summed E-state index contributed by atoms with van der Waals surface area (Å²) in [7, 11) is 1.51. The maximum Gasteiger partial charge on any atom is 0.312 e. The van der Waals surface area contributed by atoms with E-state index in [1.807, 2.05) is 0 Å². The molecule has 2 bridgehead atoms. The number of carbonyl (C=O) groups is 1. The van der Waals surface area contributed by atoms with Gasteiger partial charge in [0, 0.05) is 12.1 Å². The van der Waals surface area contributed by atoms with Gasteiger partial charge in [-0.25, -0.2) is 0 Å². The number of fused-ring (bicyclic) bond motifs is 4. The zero-order chi connectivity index (χ0) is 9.05. The summed E-state index contributed by atoms with van der Waals surface area (Å²) in [6, 6.07) is 1.20. The van der Waals surface area contributed by atoms with Gasteiger partial charge in [0.2, 0.25) is 0 Å².